The van der Waals surface area contributed by atoms with Crippen molar-refractivity contribution in [2.45, 2.75) is 31.7 Å². The first-order chi connectivity index (χ1) is 11.2. The van der Waals surface area contributed by atoms with Crippen molar-refractivity contribution in [2.24, 2.45) is 0 Å². The quantitative estimate of drug-likeness (QED) is 0.571. The summed E-state index contributed by atoms with van der Waals surface area (Å²) in [5.41, 5.74) is 4.09. The maximum atomic E-state index is 12.6. The molecule has 0 aromatic heterocycles. The van der Waals surface area contributed by atoms with Crippen LogP contribution in [0.4, 0.5) is 0 Å². The van der Waals surface area contributed by atoms with Gasteiger partial charge in [-0.05, 0) is 55.7 Å². The Morgan fingerprint density at radius 1 is 1.08 bits per heavy atom. The van der Waals surface area contributed by atoms with E-state index in [0.29, 0.717) is 11.1 Å². The number of aryl methyl sites for hydroxylation is 2. The van der Waals surface area contributed by atoms with E-state index in [9.17, 15) is 13.2 Å². The monoisotopic (exact) mass is 348 g/mol. The Balaban J connectivity index is 2.23. The zero-order valence-electron chi connectivity index (χ0n) is 13.7. The molecule has 1 amide bonds. The topological polar surface area (TPSA) is 95.5 Å². The zero-order chi connectivity index (χ0) is 17.9. The molecule has 128 valence electrons. The van der Waals surface area contributed by atoms with Gasteiger partial charge in [0, 0.05) is 11.6 Å². The second-order valence-electron chi connectivity index (χ2n) is 5.67. The molecule has 0 aliphatic heterocycles. The van der Waals surface area contributed by atoms with Crippen molar-refractivity contribution in [3.8, 4) is 0 Å². The predicted octanol–water partition coefficient (Wildman–Crippen LogP) is 2.46. The number of rotatable bonds is 5. The van der Waals surface area contributed by atoms with Crippen molar-refractivity contribution < 1.29 is 18.4 Å². The standard InChI is InChI=1S/C17H20N2O4S/c1-11-4-5-12(2)16(10-11)24(22,23)19-13(3)14-6-8-15(9-7-14)17(20)18-21/h4-10,13,19,21H,1-3H3,(H,18,20). The molecule has 2 rings (SSSR count). The number of carbonyl (C=O) groups is 1. The molecule has 3 N–H and O–H groups in total. The van der Waals surface area contributed by atoms with Crippen LogP contribution in [0.5, 0.6) is 0 Å². The molecule has 0 aliphatic rings. The van der Waals surface area contributed by atoms with E-state index < -0.39 is 22.0 Å². The molecule has 7 heteroatoms. The maximum Gasteiger partial charge on any atom is 0.274 e. The van der Waals surface area contributed by atoms with E-state index in [2.05, 4.69) is 4.72 Å². The molecule has 0 fully saturated rings. The molecule has 2 aromatic carbocycles. The summed E-state index contributed by atoms with van der Waals surface area (Å²) in [5, 5.41) is 8.60. The smallest absolute Gasteiger partial charge is 0.274 e. The Labute approximate surface area is 141 Å². The molecule has 1 atom stereocenters. The third kappa shape index (κ3) is 4.00. The van der Waals surface area contributed by atoms with Crippen LogP contribution in [0, 0.1) is 13.8 Å². The van der Waals surface area contributed by atoms with Crippen LogP contribution in [-0.2, 0) is 10.0 Å². The molecule has 0 saturated carbocycles. The molecule has 0 radical (unpaired) electrons. The summed E-state index contributed by atoms with van der Waals surface area (Å²) >= 11 is 0. The molecule has 0 heterocycles. The van der Waals surface area contributed by atoms with Gasteiger partial charge in [-0.2, -0.15) is 0 Å². The molecule has 24 heavy (non-hydrogen) atoms. The van der Waals surface area contributed by atoms with Crippen LogP contribution in [0.25, 0.3) is 0 Å². The number of hydrogen-bond acceptors (Lipinski definition) is 4. The van der Waals surface area contributed by atoms with Crippen molar-refractivity contribution in [3.63, 3.8) is 0 Å². The highest BCUT2D eigenvalue weighted by atomic mass is 32.2. The summed E-state index contributed by atoms with van der Waals surface area (Å²) in [6.45, 7) is 5.32. The van der Waals surface area contributed by atoms with E-state index in [1.807, 2.05) is 13.0 Å². The third-order valence-corrected chi connectivity index (χ3v) is 5.42. The summed E-state index contributed by atoms with van der Waals surface area (Å²) in [6.07, 6.45) is 0. The molecular formula is C17H20N2O4S. The van der Waals surface area contributed by atoms with Crippen LogP contribution in [0.2, 0.25) is 0 Å². The van der Waals surface area contributed by atoms with Crippen LogP contribution in [0.1, 0.15) is 40.0 Å². The van der Waals surface area contributed by atoms with Gasteiger partial charge < -0.3 is 0 Å². The highest BCUT2D eigenvalue weighted by Gasteiger charge is 2.20. The normalized spacial score (nSPS) is 12.7. The van der Waals surface area contributed by atoms with Crippen LogP contribution >= 0.6 is 0 Å². The van der Waals surface area contributed by atoms with Gasteiger partial charge in [-0.3, -0.25) is 10.0 Å². The summed E-state index contributed by atoms with van der Waals surface area (Å²) in [6, 6.07) is 11.1. The fourth-order valence-corrected chi connectivity index (χ4v) is 3.91. The molecule has 2 aromatic rings. The second-order valence-corrected chi connectivity index (χ2v) is 7.36. The first-order valence-electron chi connectivity index (χ1n) is 7.38. The summed E-state index contributed by atoms with van der Waals surface area (Å²) in [5.74, 6) is -0.620. The number of nitrogens with one attached hydrogen (secondary N) is 2. The molecule has 0 saturated heterocycles. The highest BCUT2D eigenvalue weighted by molar-refractivity contribution is 7.89. The van der Waals surface area contributed by atoms with Gasteiger partial charge in [-0.1, -0.05) is 24.3 Å². The summed E-state index contributed by atoms with van der Waals surface area (Å²) in [4.78, 5) is 11.6. The molecular weight excluding hydrogens is 328 g/mol. The lowest BCUT2D eigenvalue weighted by atomic mass is 10.1. The Morgan fingerprint density at radius 3 is 2.29 bits per heavy atom. The van der Waals surface area contributed by atoms with Crippen molar-refractivity contribution in [3.05, 3.63) is 64.7 Å². The second kappa shape index (κ2) is 7.12. The number of sulfonamides is 1. The summed E-state index contributed by atoms with van der Waals surface area (Å²) in [7, 11) is -3.66. The molecule has 0 spiro atoms. The van der Waals surface area contributed by atoms with Crippen LogP contribution < -0.4 is 10.2 Å². The van der Waals surface area contributed by atoms with Crippen molar-refractivity contribution >= 4 is 15.9 Å². The lowest BCUT2D eigenvalue weighted by Gasteiger charge is -2.16. The maximum absolute atomic E-state index is 12.6. The fourth-order valence-electron chi connectivity index (χ4n) is 2.35. The van der Waals surface area contributed by atoms with Gasteiger partial charge >= 0.3 is 0 Å². The number of amides is 1. The minimum atomic E-state index is -3.66. The Kier molecular flexibility index (Phi) is 5.38. The Bertz CT molecular complexity index is 845. The highest BCUT2D eigenvalue weighted by Crippen LogP contribution is 2.21. The molecule has 1 unspecified atom stereocenters. The number of carbonyl (C=O) groups excluding carboxylic acids is 1. The van der Waals surface area contributed by atoms with E-state index >= 15 is 0 Å². The summed E-state index contributed by atoms with van der Waals surface area (Å²) < 4.78 is 27.8. The van der Waals surface area contributed by atoms with E-state index in [4.69, 9.17) is 5.21 Å². The van der Waals surface area contributed by atoms with E-state index in [1.165, 1.54) is 12.1 Å². The fraction of sp³-hybridized carbons (Fsp3) is 0.235. The Hall–Kier alpha value is -2.22. The van der Waals surface area contributed by atoms with Gasteiger partial charge in [0.2, 0.25) is 10.0 Å². The predicted molar refractivity (Wildman–Crippen MR) is 90.3 cm³/mol. The number of hydroxylamine groups is 1. The van der Waals surface area contributed by atoms with Crippen LogP contribution in [0.15, 0.2) is 47.4 Å². The van der Waals surface area contributed by atoms with E-state index in [1.54, 1.807) is 43.6 Å². The molecule has 0 aliphatic carbocycles. The Morgan fingerprint density at radius 2 is 1.71 bits per heavy atom. The van der Waals surface area contributed by atoms with Gasteiger partial charge in [-0.25, -0.2) is 18.6 Å². The first kappa shape index (κ1) is 18.1. The first-order valence-corrected chi connectivity index (χ1v) is 8.87. The lowest BCUT2D eigenvalue weighted by molar-refractivity contribution is 0.0706. The van der Waals surface area contributed by atoms with E-state index in [0.717, 1.165) is 5.56 Å². The van der Waals surface area contributed by atoms with E-state index in [-0.39, 0.29) is 10.5 Å². The third-order valence-electron chi connectivity index (χ3n) is 3.74. The minimum absolute atomic E-state index is 0.255. The largest absolute Gasteiger partial charge is 0.288 e. The SMILES string of the molecule is Cc1ccc(C)c(S(=O)(=O)NC(C)c2ccc(C(=O)NO)cc2)c1. The van der Waals surface area contributed by atoms with Crippen LogP contribution in [0.3, 0.4) is 0 Å². The van der Waals surface area contributed by atoms with Crippen LogP contribution in [-0.4, -0.2) is 19.5 Å². The number of benzene rings is 2. The van der Waals surface area contributed by atoms with Gasteiger partial charge in [0.25, 0.3) is 5.91 Å². The minimum Gasteiger partial charge on any atom is -0.288 e. The van der Waals surface area contributed by atoms with Gasteiger partial charge in [0.1, 0.15) is 0 Å². The van der Waals surface area contributed by atoms with Crippen molar-refractivity contribution in [1.29, 1.82) is 0 Å². The van der Waals surface area contributed by atoms with Gasteiger partial charge in [-0.15, -0.1) is 0 Å². The molecule has 0 bridgehead atoms. The van der Waals surface area contributed by atoms with Crippen molar-refractivity contribution in [2.75, 3.05) is 0 Å². The average Bonchev–Trinajstić information content (AvgIpc) is 2.56. The van der Waals surface area contributed by atoms with Gasteiger partial charge in [0.05, 0.1) is 4.90 Å². The zero-order valence-corrected chi connectivity index (χ0v) is 14.5. The number of hydrogen-bond donors (Lipinski definition) is 3. The molecule has 6 nitrogen and oxygen atoms in total. The average molecular weight is 348 g/mol. The lowest BCUT2D eigenvalue weighted by Crippen LogP contribution is -2.27. The van der Waals surface area contributed by atoms with Crippen molar-refractivity contribution in [1.82, 2.24) is 10.2 Å². The van der Waals surface area contributed by atoms with Gasteiger partial charge in [0.15, 0.2) is 0 Å².